The first-order valence-electron chi connectivity index (χ1n) is 12.0. The van der Waals surface area contributed by atoms with Gasteiger partial charge in [0.25, 0.3) is 5.69 Å². The maximum absolute atomic E-state index is 13.4. The number of fused-ring (bicyclic) bond motifs is 2. The average Bonchev–Trinajstić information content (AvgIpc) is 3.42. The van der Waals surface area contributed by atoms with Crippen molar-refractivity contribution >= 4 is 17.7 Å². The maximum atomic E-state index is 13.4. The number of hydrogen-bond acceptors (Lipinski definition) is 8. The van der Waals surface area contributed by atoms with Crippen molar-refractivity contribution in [2.75, 3.05) is 34.2 Å². The van der Waals surface area contributed by atoms with E-state index in [-0.39, 0.29) is 25.0 Å². The number of methoxy groups -OCH3 is 2. The van der Waals surface area contributed by atoms with Crippen LogP contribution in [0.4, 0.5) is 5.69 Å². The highest BCUT2D eigenvalue weighted by Gasteiger charge is 2.32. The van der Waals surface area contributed by atoms with Gasteiger partial charge < -0.3 is 28.6 Å². The van der Waals surface area contributed by atoms with E-state index in [0.29, 0.717) is 41.7 Å². The van der Waals surface area contributed by atoms with E-state index >= 15 is 0 Å². The zero-order valence-corrected chi connectivity index (χ0v) is 20.9. The Kier molecular flexibility index (Phi) is 7.03. The second-order valence-corrected chi connectivity index (χ2v) is 8.71. The van der Waals surface area contributed by atoms with Gasteiger partial charge in [0.1, 0.15) is 12.4 Å². The van der Waals surface area contributed by atoms with Crippen LogP contribution in [-0.4, -0.2) is 49.9 Å². The SMILES string of the molecule is COc1cc2c(cc1OC)C(COc1ccc([N+](=O)[O-])cc1)N(C(=O)C=Cc1ccc3c(c1)OCO3)CC2. The van der Waals surface area contributed by atoms with Crippen LogP contribution in [0, 0.1) is 10.1 Å². The van der Waals surface area contributed by atoms with Gasteiger partial charge >= 0.3 is 0 Å². The first kappa shape index (κ1) is 24.9. The molecule has 1 atom stereocenters. The highest BCUT2D eigenvalue weighted by molar-refractivity contribution is 5.92. The Morgan fingerprint density at radius 3 is 2.53 bits per heavy atom. The first-order chi connectivity index (χ1) is 18.5. The van der Waals surface area contributed by atoms with Crippen LogP contribution in [0.3, 0.4) is 0 Å². The Morgan fingerprint density at radius 1 is 1.05 bits per heavy atom. The van der Waals surface area contributed by atoms with Crippen LogP contribution in [0.2, 0.25) is 0 Å². The molecule has 0 radical (unpaired) electrons. The quantitative estimate of drug-likeness (QED) is 0.243. The van der Waals surface area contributed by atoms with E-state index in [4.69, 9.17) is 23.7 Å². The number of nitrogens with zero attached hydrogens (tertiary/aromatic N) is 2. The fourth-order valence-corrected chi connectivity index (χ4v) is 4.59. The third kappa shape index (κ3) is 5.06. The average molecular weight is 519 g/mol. The highest BCUT2D eigenvalue weighted by atomic mass is 16.7. The molecular weight excluding hydrogens is 492 g/mol. The number of hydrogen-bond donors (Lipinski definition) is 0. The topological polar surface area (TPSA) is 110 Å². The van der Waals surface area contributed by atoms with Crippen molar-refractivity contribution in [1.82, 2.24) is 4.90 Å². The fourth-order valence-electron chi connectivity index (χ4n) is 4.59. The molecule has 1 amide bonds. The Labute approximate surface area is 219 Å². The summed E-state index contributed by atoms with van der Waals surface area (Å²) in [7, 11) is 3.14. The summed E-state index contributed by atoms with van der Waals surface area (Å²) >= 11 is 0. The molecule has 2 aliphatic heterocycles. The number of carbonyl (C=O) groups is 1. The molecule has 0 bridgehead atoms. The molecule has 2 heterocycles. The minimum absolute atomic E-state index is 0.0253. The summed E-state index contributed by atoms with van der Waals surface area (Å²) < 4.78 is 27.8. The molecule has 0 spiro atoms. The molecule has 0 saturated heterocycles. The van der Waals surface area contributed by atoms with Gasteiger partial charge in [-0.25, -0.2) is 0 Å². The summed E-state index contributed by atoms with van der Waals surface area (Å²) in [6.07, 6.45) is 3.90. The first-order valence-corrected chi connectivity index (χ1v) is 12.0. The lowest BCUT2D eigenvalue weighted by Gasteiger charge is -2.37. The van der Waals surface area contributed by atoms with Crippen LogP contribution >= 0.6 is 0 Å². The van der Waals surface area contributed by atoms with Gasteiger partial charge in [-0.05, 0) is 65.6 Å². The van der Waals surface area contributed by atoms with Gasteiger partial charge in [-0.3, -0.25) is 14.9 Å². The minimum atomic E-state index is -0.465. The monoisotopic (exact) mass is 518 g/mol. The summed E-state index contributed by atoms with van der Waals surface area (Å²) in [5.74, 6) is 2.77. The molecule has 1 unspecified atom stereocenters. The third-order valence-electron chi connectivity index (χ3n) is 6.56. The third-order valence-corrected chi connectivity index (χ3v) is 6.56. The highest BCUT2D eigenvalue weighted by Crippen LogP contribution is 2.39. The van der Waals surface area contributed by atoms with E-state index in [9.17, 15) is 14.9 Å². The van der Waals surface area contributed by atoms with Gasteiger partial charge in [0.15, 0.2) is 23.0 Å². The van der Waals surface area contributed by atoms with Crippen LogP contribution in [0.15, 0.2) is 60.7 Å². The summed E-state index contributed by atoms with van der Waals surface area (Å²) in [6.45, 7) is 0.796. The molecule has 3 aromatic carbocycles. The predicted octanol–water partition coefficient (Wildman–Crippen LogP) is 4.56. The standard InChI is InChI=1S/C28H26N2O8/c1-34-25-14-19-11-12-29(28(31)10-4-18-3-9-24-27(13-18)38-17-37-24)23(22(19)15-26(25)35-2)16-36-21-7-5-20(6-8-21)30(32)33/h3-10,13-15,23H,11-12,16-17H2,1-2H3. The number of carbonyl (C=O) groups excluding carboxylic acids is 1. The number of nitro groups is 1. The summed E-state index contributed by atoms with van der Waals surface area (Å²) in [4.78, 5) is 25.7. The van der Waals surface area contributed by atoms with E-state index < -0.39 is 11.0 Å². The summed E-state index contributed by atoms with van der Waals surface area (Å²) in [6, 6.07) is 14.7. The number of ether oxygens (including phenoxy) is 5. The summed E-state index contributed by atoms with van der Waals surface area (Å²) in [5, 5.41) is 11.0. The van der Waals surface area contributed by atoms with E-state index in [0.717, 1.165) is 16.7 Å². The molecule has 0 aliphatic carbocycles. The molecule has 2 aliphatic rings. The smallest absolute Gasteiger partial charge is 0.269 e. The molecule has 0 aromatic heterocycles. The van der Waals surface area contributed by atoms with Gasteiger partial charge in [0.2, 0.25) is 12.7 Å². The Morgan fingerprint density at radius 2 is 1.79 bits per heavy atom. The Bertz CT molecular complexity index is 1390. The number of benzene rings is 3. The van der Waals surface area contributed by atoms with Gasteiger partial charge in [0, 0.05) is 24.8 Å². The molecule has 0 saturated carbocycles. The van der Waals surface area contributed by atoms with Crippen molar-refractivity contribution in [1.29, 1.82) is 0 Å². The lowest BCUT2D eigenvalue weighted by molar-refractivity contribution is -0.384. The van der Waals surface area contributed by atoms with Crippen LogP contribution in [-0.2, 0) is 11.2 Å². The molecule has 10 nitrogen and oxygen atoms in total. The van der Waals surface area contributed by atoms with Crippen molar-refractivity contribution in [3.05, 3.63) is 87.5 Å². The van der Waals surface area contributed by atoms with Crippen molar-refractivity contribution in [2.24, 2.45) is 0 Å². The Hall–Kier alpha value is -4.73. The van der Waals surface area contributed by atoms with Crippen LogP contribution in [0.1, 0.15) is 22.7 Å². The summed E-state index contributed by atoms with van der Waals surface area (Å²) in [5.41, 5.74) is 2.71. The zero-order chi connectivity index (χ0) is 26.6. The van der Waals surface area contributed by atoms with Crippen molar-refractivity contribution < 1.29 is 33.4 Å². The number of non-ortho nitro benzene ring substituents is 1. The van der Waals surface area contributed by atoms with E-state index in [1.807, 2.05) is 30.3 Å². The normalized spacial score (nSPS) is 15.7. The van der Waals surface area contributed by atoms with Crippen LogP contribution in [0.25, 0.3) is 6.08 Å². The zero-order valence-electron chi connectivity index (χ0n) is 20.9. The molecule has 5 rings (SSSR count). The van der Waals surface area contributed by atoms with Crippen molar-refractivity contribution in [3.63, 3.8) is 0 Å². The number of nitro benzene ring substituents is 1. The molecule has 10 heteroatoms. The molecular formula is C28H26N2O8. The fraction of sp³-hybridized carbons (Fsp3) is 0.250. The molecule has 3 aromatic rings. The van der Waals surface area contributed by atoms with E-state index in [1.54, 1.807) is 37.3 Å². The lowest BCUT2D eigenvalue weighted by Crippen LogP contribution is -2.41. The number of rotatable bonds is 8. The largest absolute Gasteiger partial charge is 0.493 e. The predicted molar refractivity (Wildman–Crippen MR) is 138 cm³/mol. The van der Waals surface area contributed by atoms with Crippen LogP contribution < -0.4 is 23.7 Å². The van der Waals surface area contributed by atoms with Gasteiger partial charge in [-0.2, -0.15) is 0 Å². The number of amides is 1. The Balaban J connectivity index is 1.41. The second kappa shape index (κ2) is 10.7. The molecule has 196 valence electrons. The molecule has 0 N–H and O–H groups in total. The van der Waals surface area contributed by atoms with E-state index in [1.165, 1.54) is 18.2 Å². The lowest BCUT2D eigenvalue weighted by atomic mass is 9.92. The van der Waals surface area contributed by atoms with Crippen molar-refractivity contribution in [2.45, 2.75) is 12.5 Å². The van der Waals surface area contributed by atoms with Gasteiger partial charge in [-0.1, -0.05) is 6.07 Å². The minimum Gasteiger partial charge on any atom is -0.493 e. The van der Waals surface area contributed by atoms with Crippen LogP contribution in [0.5, 0.6) is 28.7 Å². The molecule has 38 heavy (non-hydrogen) atoms. The van der Waals surface area contributed by atoms with Gasteiger partial charge in [-0.15, -0.1) is 0 Å². The van der Waals surface area contributed by atoms with Gasteiger partial charge in [0.05, 0.1) is 25.2 Å². The van der Waals surface area contributed by atoms with Crippen molar-refractivity contribution in [3.8, 4) is 28.7 Å². The second-order valence-electron chi connectivity index (χ2n) is 8.71. The van der Waals surface area contributed by atoms with E-state index in [2.05, 4.69) is 0 Å². The maximum Gasteiger partial charge on any atom is 0.269 e. The molecule has 0 fully saturated rings.